The van der Waals surface area contributed by atoms with Crippen LogP contribution in [0.4, 0.5) is 0 Å². The predicted octanol–water partition coefficient (Wildman–Crippen LogP) is 0.233. The number of halogens is 1. The Morgan fingerprint density at radius 2 is 1.50 bits per heavy atom. The monoisotopic (exact) mass is 341 g/mol. The maximum absolute atomic E-state index is 11.9. The molecule has 6 nitrogen and oxygen atoms in total. The van der Waals surface area contributed by atoms with Crippen LogP contribution in [0.25, 0.3) is 0 Å². The van der Waals surface area contributed by atoms with Crippen molar-refractivity contribution in [2.45, 2.75) is 30.1 Å². The van der Waals surface area contributed by atoms with Gasteiger partial charge in [0.05, 0.1) is 17.9 Å². The van der Waals surface area contributed by atoms with Gasteiger partial charge in [0.2, 0.25) is 11.8 Å². The maximum Gasteiger partial charge on any atom is 0.317 e. The lowest BCUT2D eigenvalue weighted by atomic mass is 9.78. The molecule has 2 amide bonds. The Morgan fingerprint density at radius 1 is 0.950 bits per heavy atom. The number of cyclic esters (lactones) is 2. The molecule has 106 valence electrons. The maximum atomic E-state index is 11.9. The van der Waals surface area contributed by atoms with Gasteiger partial charge in [-0.25, -0.2) is 0 Å². The second-order valence-corrected chi connectivity index (χ2v) is 7.00. The zero-order valence-electron chi connectivity index (χ0n) is 10.5. The number of ether oxygens (including phenoxy) is 1. The molecule has 20 heavy (non-hydrogen) atoms. The number of likely N-dealkylation sites (tertiary alicyclic amines) is 1. The zero-order chi connectivity index (χ0) is 14.2. The smallest absolute Gasteiger partial charge is 0.317 e. The Kier molecular flexibility index (Phi) is 2.44. The summed E-state index contributed by atoms with van der Waals surface area (Å²) in [5.74, 6) is -2.36. The number of carbonyl (C=O) groups is 4. The van der Waals surface area contributed by atoms with Crippen molar-refractivity contribution in [3.05, 3.63) is 0 Å². The molecule has 2 saturated carbocycles. The van der Waals surface area contributed by atoms with Crippen LogP contribution in [0.2, 0.25) is 0 Å². The quantitative estimate of drug-likeness (QED) is 0.295. The normalized spacial score (nSPS) is 46.4. The average molecular weight is 342 g/mol. The SMILES string of the molecule is O=C1OC(=O)[C@@H]2[C@H]3C[C@H]([C@@H]12)[C@@H](N1C(=O)CCC1=O)[C@H]3Br. The van der Waals surface area contributed by atoms with Gasteiger partial charge < -0.3 is 4.74 Å². The summed E-state index contributed by atoms with van der Waals surface area (Å²) in [5, 5.41) is 0. The minimum atomic E-state index is -0.490. The molecule has 0 unspecified atom stereocenters. The Hall–Kier alpha value is -1.24. The lowest BCUT2D eigenvalue weighted by Crippen LogP contribution is -2.52. The van der Waals surface area contributed by atoms with E-state index in [1.807, 2.05) is 0 Å². The van der Waals surface area contributed by atoms with Crippen molar-refractivity contribution < 1.29 is 23.9 Å². The number of hydrogen-bond donors (Lipinski definition) is 0. The van der Waals surface area contributed by atoms with Crippen molar-refractivity contribution >= 4 is 39.7 Å². The molecule has 6 atom stereocenters. The van der Waals surface area contributed by atoms with Crippen LogP contribution >= 0.6 is 15.9 Å². The second kappa shape index (κ2) is 3.90. The highest BCUT2D eigenvalue weighted by atomic mass is 79.9. The molecule has 0 aromatic heterocycles. The van der Waals surface area contributed by atoms with Gasteiger partial charge >= 0.3 is 11.9 Å². The van der Waals surface area contributed by atoms with Crippen LogP contribution in [-0.2, 0) is 23.9 Å². The van der Waals surface area contributed by atoms with E-state index in [9.17, 15) is 19.2 Å². The molecule has 0 spiro atoms. The van der Waals surface area contributed by atoms with Gasteiger partial charge in [0.25, 0.3) is 0 Å². The Bertz CT molecular complexity index is 545. The number of amides is 2. The van der Waals surface area contributed by atoms with E-state index in [1.54, 1.807) is 0 Å². The summed E-state index contributed by atoms with van der Waals surface area (Å²) in [6.07, 6.45) is 1.17. The number of carbonyl (C=O) groups excluding carboxylic acids is 4. The van der Waals surface area contributed by atoms with Crippen LogP contribution in [0, 0.1) is 23.7 Å². The Labute approximate surface area is 122 Å². The first kappa shape index (κ1) is 12.5. The Morgan fingerprint density at radius 3 is 2.10 bits per heavy atom. The van der Waals surface area contributed by atoms with Crippen LogP contribution < -0.4 is 0 Å². The van der Waals surface area contributed by atoms with Gasteiger partial charge in [-0.05, 0) is 18.3 Å². The fourth-order valence-electron chi connectivity index (χ4n) is 4.45. The number of rotatable bonds is 1. The summed E-state index contributed by atoms with van der Waals surface area (Å²) in [4.78, 5) is 48.6. The van der Waals surface area contributed by atoms with Crippen molar-refractivity contribution in [1.29, 1.82) is 0 Å². The summed E-state index contributed by atoms with van der Waals surface area (Å²) >= 11 is 3.55. The minimum Gasteiger partial charge on any atom is -0.393 e. The third-order valence-corrected chi connectivity index (χ3v) is 6.38. The third kappa shape index (κ3) is 1.34. The molecule has 2 bridgehead atoms. The van der Waals surface area contributed by atoms with E-state index in [0.717, 1.165) is 0 Å². The summed E-state index contributed by atoms with van der Waals surface area (Å²) < 4.78 is 4.73. The van der Waals surface area contributed by atoms with E-state index in [-0.39, 0.29) is 47.4 Å². The zero-order valence-corrected chi connectivity index (χ0v) is 12.0. The molecule has 2 aliphatic carbocycles. The molecule has 2 heterocycles. The fourth-order valence-corrected chi connectivity index (χ4v) is 5.62. The van der Waals surface area contributed by atoms with Gasteiger partial charge in [-0.15, -0.1) is 0 Å². The van der Waals surface area contributed by atoms with Crippen molar-refractivity contribution in [3.63, 3.8) is 0 Å². The van der Waals surface area contributed by atoms with Crippen molar-refractivity contribution in [3.8, 4) is 0 Å². The van der Waals surface area contributed by atoms with E-state index in [2.05, 4.69) is 15.9 Å². The van der Waals surface area contributed by atoms with E-state index in [0.29, 0.717) is 6.42 Å². The summed E-state index contributed by atoms with van der Waals surface area (Å²) in [6, 6.07) is -0.317. The lowest BCUT2D eigenvalue weighted by Gasteiger charge is -2.36. The topological polar surface area (TPSA) is 80.8 Å². The fraction of sp³-hybridized carbons (Fsp3) is 0.692. The van der Waals surface area contributed by atoms with Gasteiger partial charge in [-0.2, -0.15) is 0 Å². The highest BCUT2D eigenvalue weighted by Gasteiger charge is 2.68. The second-order valence-electron chi connectivity index (χ2n) is 5.95. The predicted molar refractivity (Wildman–Crippen MR) is 67.3 cm³/mol. The van der Waals surface area contributed by atoms with Gasteiger partial charge in [0, 0.05) is 17.7 Å². The summed E-state index contributed by atoms with van der Waals surface area (Å²) in [5.41, 5.74) is 0. The largest absolute Gasteiger partial charge is 0.393 e. The van der Waals surface area contributed by atoms with Gasteiger partial charge in [-0.3, -0.25) is 24.1 Å². The van der Waals surface area contributed by atoms with Crippen LogP contribution in [0.5, 0.6) is 0 Å². The van der Waals surface area contributed by atoms with E-state index in [1.165, 1.54) is 4.90 Å². The highest BCUT2D eigenvalue weighted by Crippen LogP contribution is 2.59. The molecular formula is C13H12BrNO5. The lowest BCUT2D eigenvalue weighted by molar-refractivity contribution is -0.155. The van der Waals surface area contributed by atoms with Gasteiger partial charge in [0.15, 0.2) is 0 Å². The van der Waals surface area contributed by atoms with Gasteiger partial charge in [0.1, 0.15) is 0 Å². The molecule has 0 aromatic rings. The Balaban J connectivity index is 1.71. The number of alkyl halides is 1. The molecule has 4 rings (SSSR count). The number of fused-ring (bicyclic) bond motifs is 5. The third-order valence-electron chi connectivity index (χ3n) is 5.16. The molecule has 0 radical (unpaired) electrons. The molecule has 2 aliphatic heterocycles. The van der Waals surface area contributed by atoms with E-state index >= 15 is 0 Å². The van der Waals surface area contributed by atoms with Crippen LogP contribution in [0.1, 0.15) is 19.3 Å². The summed E-state index contributed by atoms with van der Waals surface area (Å²) in [7, 11) is 0. The van der Waals surface area contributed by atoms with E-state index in [4.69, 9.17) is 4.74 Å². The summed E-state index contributed by atoms with van der Waals surface area (Å²) in [6.45, 7) is 0. The van der Waals surface area contributed by atoms with Crippen LogP contribution in [0.3, 0.4) is 0 Å². The molecule has 4 aliphatic rings. The first-order chi connectivity index (χ1) is 9.50. The van der Waals surface area contributed by atoms with Crippen LogP contribution in [-0.4, -0.2) is 39.5 Å². The molecule has 4 fully saturated rings. The van der Waals surface area contributed by atoms with Crippen molar-refractivity contribution in [2.75, 3.05) is 0 Å². The first-order valence-corrected chi connectivity index (χ1v) is 7.67. The standard InChI is InChI=1S/C13H12BrNO5/c14-10-4-3-5(9-8(4)12(18)20-13(9)19)11(10)15-6(16)1-2-7(15)17/h4-5,8-11H,1-3H2/t4-,5-,8-,9-,10+,11-/m1/s1. The minimum absolute atomic E-state index is 0.0323. The number of imide groups is 1. The van der Waals surface area contributed by atoms with E-state index < -0.39 is 23.8 Å². The van der Waals surface area contributed by atoms with Crippen molar-refractivity contribution in [1.82, 2.24) is 4.90 Å². The molecular weight excluding hydrogens is 330 g/mol. The number of nitrogens with zero attached hydrogens (tertiary/aromatic N) is 1. The number of esters is 2. The molecule has 0 aromatic carbocycles. The molecule has 7 heteroatoms. The molecule has 0 N–H and O–H groups in total. The molecule has 2 saturated heterocycles. The van der Waals surface area contributed by atoms with Gasteiger partial charge in [-0.1, -0.05) is 15.9 Å². The first-order valence-electron chi connectivity index (χ1n) is 6.75. The highest BCUT2D eigenvalue weighted by molar-refractivity contribution is 9.09. The van der Waals surface area contributed by atoms with Crippen molar-refractivity contribution in [2.24, 2.45) is 23.7 Å². The van der Waals surface area contributed by atoms with Crippen LogP contribution in [0.15, 0.2) is 0 Å². The number of hydrogen-bond acceptors (Lipinski definition) is 5. The average Bonchev–Trinajstić information content (AvgIpc) is 3.07.